The molecule has 2 aliphatic carbocycles. The second kappa shape index (κ2) is 16.0. The number of amides is 2. The van der Waals surface area contributed by atoms with Crippen LogP contribution in [0.4, 0.5) is 10.5 Å². The van der Waals surface area contributed by atoms with Crippen molar-refractivity contribution in [1.82, 2.24) is 5.32 Å². The second-order valence-corrected chi connectivity index (χ2v) is 10.7. The number of carbonyl (C=O) groups excluding carboxylic acids is 3. The summed E-state index contributed by atoms with van der Waals surface area (Å²) < 4.78 is 9.34. The Balaban J connectivity index is 0.000000299. The highest BCUT2D eigenvalue weighted by Gasteiger charge is 2.27. The Labute approximate surface area is 263 Å². The quantitative estimate of drug-likeness (QED) is 0.234. The molecule has 44 heavy (non-hydrogen) atoms. The van der Waals surface area contributed by atoms with E-state index in [9.17, 15) is 24.6 Å². The summed E-state index contributed by atoms with van der Waals surface area (Å²) in [5.74, 6) is -0.797. The van der Waals surface area contributed by atoms with Gasteiger partial charge in [0.2, 0.25) is 0 Å². The number of carbonyl (C=O) groups is 3. The van der Waals surface area contributed by atoms with Crippen molar-refractivity contribution >= 4 is 36.1 Å². The largest absolute Gasteiger partial charge is 0.508 e. The minimum Gasteiger partial charge on any atom is -0.508 e. The van der Waals surface area contributed by atoms with Crippen LogP contribution < -0.4 is 16.4 Å². The standard InChI is InChI=1S/C23H26N2O4.C10H13NO3.ClH/c1-29-22(27)19(13-16-6-2-3-11-20(16)26)24-23(28)25-21-17-9-4-7-14(17)12-15-8-5-10-18(15)21;1-14-10(13)8(11)6-7-4-2-3-5-9(7)12;/h2-3,6,11-12,19,26H,4-5,7-10,13H2,1H3,(H2,24,25,28);2-5,8,12H,6,11H2,1H3;1H. The number of nitrogens with two attached hydrogens (primary N) is 1. The van der Waals surface area contributed by atoms with Crippen molar-refractivity contribution in [2.45, 2.75) is 63.5 Å². The van der Waals surface area contributed by atoms with Crippen molar-refractivity contribution in [3.63, 3.8) is 0 Å². The highest BCUT2D eigenvalue weighted by molar-refractivity contribution is 5.94. The number of rotatable bonds is 8. The van der Waals surface area contributed by atoms with E-state index in [-0.39, 0.29) is 36.7 Å². The number of esters is 2. The van der Waals surface area contributed by atoms with E-state index < -0.39 is 30.1 Å². The molecule has 2 unspecified atom stereocenters. The maximum atomic E-state index is 12.8. The minimum absolute atomic E-state index is 0. The van der Waals surface area contributed by atoms with Crippen LogP contribution in [0.1, 0.15) is 46.2 Å². The van der Waals surface area contributed by atoms with Crippen LogP contribution in [0, 0.1) is 0 Å². The van der Waals surface area contributed by atoms with Crippen molar-refractivity contribution < 1.29 is 34.1 Å². The van der Waals surface area contributed by atoms with E-state index in [1.54, 1.807) is 48.5 Å². The topological polar surface area (TPSA) is 160 Å². The molecule has 2 amide bonds. The Morgan fingerprint density at radius 1 is 0.795 bits per heavy atom. The molecule has 0 aromatic heterocycles. The molecule has 3 aromatic carbocycles. The van der Waals surface area contributed by atoms with Crippen molar-refractivity contribution in [2.24, 2.45) is 5.73 Å². The number of phenolic OH excluding ortho intramolecular Hbond substituents is 2. The number of nitrogens with one attached hydrogen (secondary N) is 2. The van der Waals surface area contributed by atoms with Gasteiger partial charge >= 0.3 is 18.0 Å². The first kappa shape index (κ1) is 34.2. The molecular formula is C33H40ClN3O7. The molecule has 2 atom stereocenters. The van der Waals surface area contributed by atoms with Gasteiger partial charge in [0, 0.05) is 18.5 Å². The molecule has 6 N–H and O–H groups in total. The molecule has 5 rings (SSSR count). The van der Waals surface area contributed by atoms with Gasteiger partial charge in [-0.25, -0.2) is 9.59 Å². The van der Waals surface area contributed by atoms with Crippen LogP contribution >= 0.6 is 12.4 Å². The molecule has 2 aliphatic rings. The van der Waals surface area contributed by atoms with Gasteiger partial charge in [-0.3, -0.25) is 4.79 Å². The summed E-state index contributed by atoms with van der Waals surface area (Å²) in [5.41, 5.74) is 12.8. The number of methoxy groups -OCH3 is 2. The molecule has 236 valence electrons. The van der Waals surface area contributed by atoms with Crippen LogP contribution in [0.5, 0.6) is 11.5 Å². The third-order valence-electron chi connectivity index (χ3n) is 7.85. The average molecular weight is 626 g/mol. The Hall–Kier alpha value is -4.28. The summed E-state index contributed by atoms with van der Waals surface area (Å²) in [4.78, 5) is 36.1. The van der Waals surface area contributed by atoms with E-state index in [1.165, 1.54) is 36.5 Å². The van der Waals surface area contributed by atoms with Crippen LogP contribution in [0.15, 0.2) is 54.6 Å². The Morgan fingerprint density at radius 2 is 1.30 bits per heavy atom. The molecule has 0 heterocycles. The summed E-state index contributed by atoms with van der Waals surface area (Å²) in [6, 6.07) is 13.8. The highest BCUT2D eigenvalue weighted by atomic mass is 35.5. The zero-order valence-electron chi connectivity index (χ0n) is 24.9. The maximum Gasteiger partial charge on any atom is 0.328 e. The summed E-state index contributed by atoms with van der Waals surface area (Å²) in [7, 11) is 2.57. The van der Waals surface area contributed by atoms with E-state index in [0.29, 0.717) is 11.1 Å². The van der Waals surface area contributed by atoms with Gasteiger partial charge in [0.15, 0.2) is 0 Å². The first-order valence-corrected chi connectivity index (χ1v) is 14.4. The number of ether oxygens (including phenoxy) is 2. The summed E-state index contributed by atoms with van der Waals surface area (Å²) in [5, 5.41) is 25.2. The first-order valence-electron chi connectivity index (χ1n) is 14.4. The molecule has 0 bridgehead atoms. The number of phenols is 2. The van der Waals surface area contributed by atoms with E-state index >= 15 is 0 Å². The van der Waals surface area contributed by atoms with Crippen LogP contribution in [0.2, 0.25) is 0 Å². The number of aryl methyl sites for hydroxylation is 2. The highest BCUT2D eigenvalue weighted by Crippen LogP contribution is 2.38. The predicted molar refractivity (Wildman–Crippen MR) is 169 cm³/mol. The smallest absolute Gasteiger partial charge is 0.328 e. The lowest BCUT2D eigenvalue weighted by Gasteiger charge is -2.20. The van der Waals surface area contributed by atoms with Gasteiger partial charge < -0.3 is 36.1 Å². The zero-order chi connectivity index (χ0) is 30.9. The van der Waals surface area contributed by atoms with Crippen molar-refractivity contribution in [2.75, 3.05) is 19.5 Å². The number of aromatic hydroxyl groups is 2. The van der Waals surface area contributed by atoms with Gasteiger partial charge in [0.05, 0.1) is 14.2 Å². The normalized spacial score (nSPS) is 14.0. The lowest BCUT2D eigenvalue weighted by atomic mass is 9.99. The third kappa shape index (κ3) is 8.42. The monoisotopic (exact) mass is 625 g/mol. The Kier molecular flexibility index (Phi) is 12.4. The van der Waals surface area contributed by atoms with Gasteiger partial charge in [0.25, 0.3) is 0 Å². The van der Waals surface area contributed by atoms with Gasteiger partial charge in [-0.05, 0) is 84.0 Å². The van der Waals surface area contributed by atoms with Gasteiger partial charge in [0.1, 0.15) is 23.6 Å². The fourth-order valence-corrected chi connectivity index (χ4v) is 5.67. The number of anilines is 1. The third-order valence-corrected chi connectivity index (χ3v) is 7.85. The number of para-hydroxylation sites is 2. The Morgan fingerprint density at radius 3 is 1.80 bits per heavy atom. The summed E-state index contributed by atoms with van der Waals surface area (Å²) >= 11 is 0. The lowest BCUT2D eigenvalue weighted by molar-refractivity contribution is -0.143. The Bertz CT molecular complexity index is 1450. The average Bonchev–Trinajstić information content (AvgIpc) is 3.68. The number of benzene rings is 3. The van der Waals surface area contributed by atoms with E-state index in [4.69, 9.17) is 10.5 Å². The molecule has 0 radical (unpaired) electrons. The molecule has 0 saturated heterocycles. The van der Waals surface area contributed by atoms with Crippen LogP contribution in [0.3, 0.4) is 0 Å². The van der Waals surface area contributed by atoms with Crippen LogP contribution in [-0.4, -0.2) is 54.5 Å². The number of fused-ring (bicyclic) bond motifs is 2. The molecule has 3 aromatic rings. The van der Waals surface area contributed by atoms with Gasteiger partial charge in [-0.15, -0.1) is 12.4 Å². The number of urea groups is 1. The van der Waals surface area contributed by atoms with E-state index in [1.807, 2.05) is 0 Å². The van der Waals surface area contributed by atoms with Crippen LogP contribution in [0.25, 0.3) is 0 Å². The molecule has 0 spiro atoms. The molecule has 11 heteroatoms. The molecule has 0 fully saturated rings. The van der Waals surface area contributed by atoms with Crippen molar-refractivity contribution in [1.29, 1.82) is 0 Å². The lowest BCUT2D eigenvalue weighted by Crippen LogP contribution is -2.45. The van der Waals surface area contributed by atoms with E-state index in [0.717, 1.165) is 44.2 Å². The molecule has 0 aliphatic heterocycles. The number of hydrogen-bond acceptors (Lipinski definition) is 8. The number of halogens is 1. The van der Waals surface area contributed by atoms with Crippen molar-refractivity contribution in [3.05, 3.63) is 88.0 Å². The van der Waals surface area contributed by atoms with Crippen molar-refractivity contribution in [3.8, 4) is 11.5 Å². The zero-order valence-corrected chi connectivity index (χ0v) is 25.7. The SMILES string of the molecule is COC(=O)C(Cc1ccccc1O)NC(=O)Nc1c2c(cc3c1CCC3)CCC2.COC(=O)C(N)Cc1ccccc1O.Cl. The predicted octanol–water partition coefficient (Wildman–Crippen LogP) is 4.13. The van der Waals surface area contributed by atoms with Gasteiger partial charge in [-0.2, -0.15) is 0 Å². The van der Waals surface area contributed by atoms with E-state index in [2.05, 4.69) is 21.4 Å². The van der Waals surface area contributed by atoms with Gasteiger partial charge in [-0.1, -0.05) is 42.5 Å². The summed E-state index contributed by atoms with van der Waals surface area (Å²) in [6.07, 6.45) is 6.68. The fourth-order valence-electron chi connectivity index (χ4n) is 5.67. The number of hydrogen-bond donors (Lipinski definition) is 5. The molecule has 0 saturated carbocycles. The second-order valence-electron chi connectivity index (χ2n) is 10.7. The minimum atomic E-state index is -0.891. The molecular weight excluding hydrogens is 586 g/mol. The molecule has 10 nitrogen and oxygen atoms in total. The van der Waals surface area contributed by atoms with Crippen LogP contribution in [-0.2, 0) is 57.6 Å². The summed E-state index contributed by atoms with van der Waals surface area (Å²) in [6.45, 7) is 0. The first-order chi connectivity index (χ1) is 20.7. The maximum absolute atomic E-state index is 12.8. The fraction of sp³-hybridized carbons (Fsp3) is 0.364.